The van der Waals surface area contributed by atoms with Crippen molar-refractivity contribution in [2.24, 2.45) is 7.05 Å². The molecule has 2 rings (SSSR count). The fraction of sp³-hybridized carbons (Fsp3) is 0.167. The number of hydrogen-bond acceptors (Lipinski definition) is 2. The Labute approximate surface area is 92.1 Å². The highest BCUT2D eigenvalue weighted by Crippen LogP contribution is 2.18. The average molecular weight is 217 g/mol. The fourth-order valence-corrected chi connectivity index (χ4v) is 1.76. The molecule has 0 amide bonds. The lowest BCUT2D eigenvalue weighted by atomic mass is 10.2. The standard InChI is InChI=1S/C12H11NO3/c1-13-9(7-11(14)12(15)16)6-8-4-2-3-5-10(8)13/h2-6H,7H2,1H3,(H,15,16). The molecule has 0 saturated carbocycles. The van der Waals surface area contributed by atoms with Gasteiger partial charge >= 0.3 is 5.97 Å². The number of fused-ring (bicyclic) bond motifs is 1. The van der Waals surface area contributed by atoms with Gasteiger partial charge in [0.15, 0.2) is 0 Å². The number of para-hydroxylation sites is 1. The molecule has 0 spiro atoms. The molecule has 1 heterocycles. The first kappa shape index (κ1) is 10.4. The van der Waals surface area contributed by atoms with Crippen molar-refractivity contribution in [1.29, 1.82) is 0 Å². The van der Waals surface area contributed by atoms with Gasteiger partial charge in [-0.25, -0.2) is 4.79 Å². The van der Waals surface area contributed by atoms with E-state index in [-0.39, 0.29) is 6.42 Å². The largest absolute Gasteiger partial charge is 0.475 e. The van der Waals surface area contributed by atoms with Crippen molar-refractivity contribution in [3.8, 4) is 0 Å². The number of rotatable bonds is 3. The minimum atomic E-state index is -1.38. The number of benzene rings is 1. The number of nitrogens with zero attached hydrogens (tertiary/aromatic N) is 1. The zero-order valence-corrected chi connectivity index (χ0v) is 8.80. The fourth-order valence-electron chi connectivity index (χ4n) is 1.76. The maximum atomic E-state index is 11.1. The molecule has 0 aliphatic rings. The number of ketones is 1. The third kappa shape index (κ3) is 1.69. The van der Waals surface area contributed by atoms with Gasteiger partial charge < -0.3 is 9.67 Å². The SMILES string of the molecule is Cn1c(CC(=O)C(=O)O)cc2ccccc21. The molecule has 0 saturated heterocycles. The zero-order valence-electron chi connectivity index (χ0n) is 8.80. The van der Waals surface area contributed by atoms with Gasteiger partial charge in [0, 0.05) is 18.3 Å². The minimum absolute atomic E-state index is 0.0689. The number of aromatic nitrogens is 1. The maximum absolute atomic E-state index is 11.1. The number of Topliss-reactive ketones (excluding diaryl/α,β-unsaturated/α-hetero) is 1. The predicted octanol–water partition coefficient (Wildman–Crippen LogP) is 1.37. The lowest BCUT2D eigenvalue weighted by Gasteiger charge is -2.01. The van der Waals surface area contributed by atoms with E-state index in [1.807, 2.05) is 41.9 Å². The molecule has 1 N–H and O–H groups in total. The summed E-state index contributed by atoms with van der Waals surface area (Å²) in [5.74, 6) is -2.17. The van der Waals surface area contributed by atoms with Crippen LogP contribution in [0.3, 0.4) is 0 Å². The summed E-state index contributed by atoms with van der Waals surface area (Å²) in [4.78, 5) is 21.6. The van der Waals surface area contributed by atoms with Crippen molar-refractivity contribution in [1.82, 2.24) is 4.57 Å². The summed E-state index contributed by atoms with van der Waals surface area (Å²) in [5, 5.41) is 9.56. The van der Waals surface area contributed by atoms with Gasteiger partial charge in [-0.2, -0.15) is 0 Å². The van der Waals surface area contributed by atoms with Crippen LogP contribution in [0.4, 0.5) is 0 Å². The van der Waals surface area contributed by atoms with Crippen LogP contribution in [0, 0.1) is 0 Å². The minimum Gasteiger partial charge on any atom is -0.475 e. The second-order valence-electron chi connectivity index (χ2n) is 3.66. The Morgan fingerprint density at radius 1 is 1.31 bits per heavy atom. The molecule has 0 bridgehead atoms. The number of aryl methyl sites for hydroxylation is 1. The van der Waals surface area contributed by atoms with Crippen LogP contribution < -0.4 is 0 Å². The molecule has 0 aliphatic heterocycles. The van der Waals surface area contributed by atoms with Crippen LogP contribution in [-0.2, 0) is 23.1 Å². The molecule has 0 unspecified atom stereocenters. The molecular weight excluding hydrogens is 206 g/mol. The highest BCUT2D eigenvalue weighted by molar-refractivity contribution is 6.33. The Bertz CT molecular complexity index is 569. The summed E-state index contributed by atoms with van der Waals surface area (Å²) in [7, 11) is 1.83. The molecule has 16 heavy (non-hydrogen) atoms. The molecule has 0 atom stereocenters. The summed E-state index contributed by atoms with van der Waals surface area (Å²) in [6.07, 6.45) is -0.0689. The summed E-state index contributed by atoms with van der Waals surface area (Å²) < 4.78 is 1.84. The van der Waals surface area contributed by atoms with Crippen molar-refractivity contribution in [3.63, 3.8) is 0 Å². The zero-order chi connectivity index (χ0) is 11.7. The van der Waals surface area contributed by atoms with Crippen molar-refractivity contribution in [3.05, 3.63) is 36.0 Å². The Hall–Kier alpha value is -2.10. The third-order valence-corrected chi connectivity index (χ3v) is 2.63. The van der Waals surface area contributed by atoms with Gasteiger partial charge in [-0.15, -0.1) is 0 Å². The predicted molar refractivity (Wildman–Crippen MR) is 59.3 cm³/mol. The Morgan fingerprint density at radius 3 is 2.62 bits per heavy atom. The molecule has 0 radical (unpaired) electrons. The van der Waals surface area contributed by atoms with Crippen LogP contribution in [0.25, 0.3) is 10.9 Å². The molecule has 0 fully saturated rings. The van der Waals surface area contributed by atoms with Gasteiger partial charge in [0.05, 0.1) is 6.42 Å². The summed E-state index contributed by atoms with van der Waals surface area (Å²) in [5.41, 5.74) is 1.71. The second-order valence-corrected chi connectivity index (χ2v) is 3.66. The van der Waals surface area contributed by atoms with E-state index in [4.69, 9.17) is 5.11 Å². The van der Waals surface area contributed by atoms with Crippen molar-refractivity contribution in [2.75, 3.05) is 0 Å². The molecule has 2 aromatic rings. The highest BCUT2D eigenvalue weighted by atomic mass is 16.4. The van der Waals surface area contributed by atoms with Gasteiger partial charge in [-0.1, -0.05) is 18.2 Å². The van der Waals surface area contributed by atoms with E-state index in [1.165, 1.54) is 0 Å². The monoisotopic (exact) mass is 217 g/mol. The van der Waals surface area contributed by atoms with E-state index < -0.39 is 11.8 Å². The van der Waals surface area contributed by atoms with E-state index in [0.29, 0.717) is 5.69 Å². The number of aliphatic carboxylic acids is 1. The Kier molecular flexibility index (Phi) is 2.48. The number of hydrogen-bond donors (Lipinski definition) is 1. The molecule has 0 aliphatic carbocycles. The van der Waals surface area contributed by atoms with Crippen LogP contribution in [0.1, 0.15) is 5.69 Å². The lowest BCUT2D eigenvalue weighted by molar-refractivity contribution is -0.148. The highest BCUT2D eigenvalue weighted by Gasteiger charge is 2.15. The number of carboxylic acid groups (broad SMARTS) is 1. The smallest absolute Gasteiger partial charge is 0.372 e. The molecule has 1 aromatic heterocycles. The molecule has 4 heteroatoms. The van der Waals surface area contributed by atoms with E-state index in [2.05, 4.69) is 0 Å². The van der Waals surface area contributed by atoms with E-state index >= 15 is 0 Å². The van der Waals surface area contributed by atoms with E-state index in [0.717, 1.165) is 10.9 Å². The number of carbonyl (C=O) groups excluding carboxylic acids is 1. The number of carboxylic acids is 1. The summed E-state index contributed by atoms with van der Waals surface area (Å²) in [6.45, 7) is 0. The van der Waals surface area contributed by atoms with Crippen LogP contribution >= 0.6 is 0 Å². The third-order valence-electron chi connectivity index (χ3n) is 2.63. The van der Waals surface area contributed by atoms with Crippen LogP contribution in [0.5, 0.6) is 0 Å². The molecule has 1 aromatic carbocycles. The van der Waals surface area contributed by atoms with Crippen molar-refractivity contribution in [2.45, 2.75) is 6.42 Å². The normalized spacial score (nSPS) is 10.6. The van der Waals surface area contributed by atoms with Crippen molar-refractivity contribution < 1.29 is 14.7 Å². The first-order valence-electron chi connectivity index (χ1n) is 4.89. The maximum Gasteiger partial charge on any atom is 0.372 e. The molecule has 82 valence electrons. The van der Waals surface area contributed by atoms with Crippen molar-refractivity contribution >= 4 is 22.7 Å². The Morgan fingerprint density at radius 2 is 2.00 bits per heavy atom. The lowest BCUT2D eigenvalue weighted by Crippen LogP contribution is -2.16. The van der Waals surface area contributed by atoms with E-state index in [1.54, 1.807) is 0 Å². The Balaban J connectivity index is 2.42. The van der Waals surface area contributed by atoms with Gasteiger partial charge in [0.1, 0.15) is 0 Å². The van der Waals surface area contributed by atoms with Crippen LogP contribution in [0.15, 0.2) is 30.3 Å². The van der Waals surface area contributed by atoms with Gasteiger partial charge in [-0.05, 0) is 17.5 Å². The van der Waals surface area contributed by atoms with E-state index in [9.17, 15) is 9.59 Å². The average Bonchev–Trinajstić information content (AvgIpc) is 2.56. The molecule has 4 nitrogen and oxygen atoms in total. The quantitative estimate of drug-likeness (QED) is 0.790. The first-order valence-corrected chi connectivity index (χ1v) is 4.89. The number of carbonyl (C=O) groups is 2. The van der Waals surface area contributed by atoms with Crippen LogP contribution in [0.2, 0.25) is 0 Å². The second kappa shape index (κ2) is 3.81. The van der Waals surface area contributed by atoms with Gasteiger partial charge in [0.25, 0.3) is 0 Å². The molecular formula is C12H11NO3. The topological polar surface area (TPSA) is 59.3 Å². The summed E-state index contributed by atoms with van der Waals surface area (Å²) >= 11 is 0. The first-order chi connectivity index (χ1) is 7.59. The van der Waals surface area contributed by atoms with Gasteiger partial charge in [0.2, 0.25) is 5.78 Å². The summed E-state index contributed by atoms with van der Waals surface area (Å²) in [6, 6.07) is 9.53. The van der Waals surface area contributed by atoms with Crippen LogP contribution in [-0.4, -0.2) is 21.4 Å². The van der Waals surface area contributed by atoms with Gasteiger partial charge in [-0.3, -0.25) is 4.79 Å².